The number of amides is 1. The van der Waals surface area contributed by atoms with Gasteiger partial charge in [0.25, 0.3) is 5.91 Å². The average Bonchev–Trinajstić information content (AvgIpc) is 2.21. The van der Waals surface area contributed by atoms with Gasteiger partial charge in [-0.3, -0.25) is 4.79 Å². The van der Waals surface area contributed by atoms with Crippen molar-refractivity contribution >= 4 is 50.1 Å². The molecule has 0 bridgehead atoms. The summed E-state index contributed by atoms with van der Waals surface area (Å²) in [5.41, 5.74) is 2.66. The normalized spacial score (nSPS) is 11.4. The van der Waals surface area contributed by atoms with Crippen molar-refractivity contribution in [3.63, 3.8) is 0 Å². The number of carbonyl (C=O) groups excluding carboxylic acids is 1. The Morgan fingerprint density at radius 3 is 2.62 bits per heavy atom. The van der Waals surface area contributed by atoms with Crippen LogP contribution < -0.4 is 5.32 Å². The number of benzene rings is 1. The van der Waals surface area contributed by atoms with Crippen molar-refractivity contribution in [3.05, 3.63) is 37.4 Å². The molecule has 1 aromatic carbocycles. The maximum atomic E-state index is 11.7. The zero-order valence-electron chi connectivity index (χ0n) is 9.40. The van der Waals surface area contributed by atoms with E-state index in [1.165, 1.54) is 0 Å². The number of aryl methyl sites for hydroxylation is 1. The molecule has 0 atom stereocenters. The van der Waals surface area contributed by atoms with E-state index >= 15 is 0 Å². The van der Waals surface area contributed by atoms with Crippen molar-refractivity contribution in [2.24, 2.45) is 0 Å². The fraction of sp³-hybridized carbons (Fsp3) is 0.250. The van der Waals surface area contributed by atoms with E-state index < -0.39 is 0 Å². The summed E-state index contributed by atoms with van der Waals surface area (Å²) in [5, 5.41) is 2.92. The molecule has 0 spiro atoms. The highest BCUT2D eigenvalue weighted by Crippen LogP contribution is 2.27. The van der Waals surface area contributed by atoms with Crippen LogP contribution in [-0.2, 0) is 4.79 Å². The first-order valence-electron chi connectivity index (χ1n) is 4.85. The lowest BCUT2D eigenvalue weighted by Crippen LogP contribution is -2.14. The van der Waals surface area contributed by atoms with Crippen LogP contribution in [0.1, 0.15) is 19.4 Å². The summed E-state index contributed by atoms with van der Waals surface area (Å²) >= 11 is 5.64. The van der Waals surface area contributed by atoms with Crippen molar-refractivity contribution in [1.29, 1.82) is 0 Å². The van der Waals surface area contributed by atoms with E-state index in [4.69, 9.17) is 0 Å². The molecule has 0 saturated heterocycles. The lowest BCUT2D eigenvalue weighted by Gasteiger charge is -2.11. The summed E-state index contributed by atoms with van der Waals surface area (Å²) in [6, 6.07) is 3.97. The number of rotatable bonds is 2. The second-order valence-corrected chi connectivity index (χ2v) is 5.58. The topological polar surface area (TPSA) is 29.1 Å². The van der Waals surface area contributed by atoms with Gasteiger partial charge in [-0.2, -0.15) is 0 Å². The Labute approximate surface area is 118 Å². The average molecular weight is 394 g/mol. The van der Waals surface area contributed by atoms with Crippen LogP contribution in [0.5, 0.6) is 0 Å². The molecule has 1 N–H and O–H groups in total. The van der Waals surface area contributed by atoms with E-state index in [0.29, 0.717) is 0 Å². The zero-order valence-corrected chi connectivity index (χ0v) is 13.1. The Kier molecular flexibility index (Phi) is 4.98. The number of halogens is 2. The quantitative estimate of drug-likeness (QED) is 0.590. The van der Waals surface area contributed by atoms with Crippen LogP contribution in [0.25, 0.3) is 0 Å². The molecule has 0 unspecified atom stereocenters. The Balaban J connectivity index is 3.03. The third-order valence-electron chi connectivity index (χ3n) is 2.28. The number of anilines is 1. The number of nitrogens with one attached hydrogen (secondary N) is 1. The molecule has 1 aromatic rings. The Bertz CT molecular complexity index is 431. The summed E-state index contributed by atoms with van der Waals surface area (Å²) in [4.78, 5) is 11.7. The van der Waals surface area contributed by atoms with E-state index in [1.54, 1.807) is 13.0 Å². The molecule has 4 heteroatoms. The third-order valence-corrected chi connectivity index (χ3v) is 3.59. The summed E-state index contributed by atoms with van der Waals surface area (Å²) in [6.07, 6.45) is 1.80. The predicted molar refractivity (Wildman–Crippen MR) is 79.7 cm³/mol. The third kappa shape index (κ3) is 3.31. The highest BCUT2D eigenvalue weighted by molar-refractivity contribution is 14.1. The van der Waals surface area contributed by atoms with Gasteiger partial charge in [0.2, 0.25) is 0 Å². The van der Waals surface area contributed by atoms with E-state index in [-0.39, 0.29) is 5.91 Å². The van der Waals surface area contributed by atoms with Gasteiger partial charge < -0.3 is 5.32 Å². The summed E-state index contributed by atoms with van der Waals surface area (Å²) in [7, 11) is 0. The molecule has 16 heavy (non-hydrogen) atoms. The van der Waals surface area contributed by atoms with Crippen LogP contribution >= 0.6 is 38.5 Å². The van der Waals surface area contributed by atoms with Gasteiger partial charge in [-0.15, -0.1) is 0 Å². The molecule has 0 heterocycles. The molecular weight excluding hydrogens is 381 g/mol. The Morgan fingerprint density at radius 1 is 1.50 bits per heavy atom. The summed E-state index contributed by atoms with van der Waals surface area (Å²) < 4.78 is 2.05. The van der Waals surface area contributed by atoms with Gasteiger partial charge in [0, 0.05) is 13.6 Å². The lowest BCUT2D eigenvalue weighted by atomic mass is 10.2. The van der Waals surface area contributed by atoms with Crippen LogP contribution in [-0.4, -0.2) is 5.91 Å². The van der Waals surface area contributed by atoms with E-state index in [1.807, 2.05) is 26.0 Å². The second kappa shape index (κ2) is 5.82. The first kappa shape index (κ1) is 13.7. The largest absolute Gasteiger partial charge is 0.321 e. The Hall–Kier alpha value is -0.360. The van der Waals surface area contributed by atoms with Crippen LogP contribution in [0.3, 0.4) is 0 Å². The molecule has 86 valence electrons. The minimum Gasteiger partial charge on any atom is -0.321 e. The monoisotopic (exact) mass is 393 g/mol. The van der Waals surface area contributed by atoms with E-state index in [2.05, 4.69) is 43.8 Å². The van der Waals surface area contributed by atoms with Crippen LogP contribution in [0.2, 0.25) is 0 Å². The predicted octanol–water partition coefficient (Wildman–Crippen LogP) is 4.27. The van der Waals surface area contributed by atoms with Crippen molar-refractivity contribution in [2.75, 3.05) is 5.32 Å². The molecule has 0 aliphatic heterocycles. The maximum absolute atomic E-state index is 11.7. The molecule has 1 rings (SSSR count). The van der Waals surface area contributed by atoms with Crippen LogP contribution in [0.4, 0.5) is 5.69 Å². The Morgan fingerprint density at radius 2 is 2.12 bits per heavy atom. The SMILES string of the molecule is CC=C(C)C(=O)Nc1c(C)cc(Br)cc1I. The number of hydrogen-bond donors (Lipinski definition) is 1. The minimum absolute atomic E-state index is 0.0501. The lowest BCUT2D eigenvalue weighted by molar-refractivity contribution is -0.112. The smallest absolute Gasteiger partial charge is 0.250 e. The van der Waals surface area contributed by atoms with Crippen molar-refractivity contribution < 1.29 is 4.79 Å². The number of carbonyl (C=O) groups is 1. The molecule has 0 aromatic heterocycles. The summed E-state index contributed by atoms with van der Waals surface area (Å²) in [5.74, 6) is -0.0501. The molecule has 0 saturated carbocycles. The molecule has 0 aliphatic carbocycles. The van der Waals surface area contributed by atoms with Gasteiger partial charge in [-0.25, -0.2) is 0 Å². The first-order chi connectivity index (χ1) is 7.45. The van der Waals surface area contributed by atoms with Crippen molar-refractivity contribution in [1.82, 2.24) is 0 Å². The molecule has 0 aliphatic rings. The summed E-state index contributed by atoms with van der Waals surface area (Å²) in [6.45, 7) is 5.64. The standard InChI is InChI=1S/C12H13BrINO/c1-4-7(2)12(16)15-11-8(3)5-9(13)6-10(11)14/h4-6H,1-3H3,(H,15,16). The second-order valence-electron chi connectivity index (χ2n) is 3.51. The van der Waals surface area contributed by atoms with Gasteiger partial charge >= 0.3 is 0 Å². The zero-order chi connectivity index (χ0) is 12.3. The van der Waals surface area contributed by atoms with Gasteiger partial charge in [0.15, 0.2) is 0 Å². The van der Waals surface area contributed by atoms with Gasteiger partial charge in [0.05, 0.1) is 5.69 Å². The molecule has 0 radical (unpaired) electrons. The maximum Gasteiger partial charge on any atom is 0.250 e. The van der Waals surface area contributed by atoms with E-state index in [9.17, 15) is 4.79 Å². The first-order valence-corrected chi connectivity index (χ1v) is 6.72. The molecule has 1 amide bonds. The van der Waals surface area contributed by atoms with Crippen molar-refractivity contribution in [3.8, 4) is 0 Å². The highest BCUT2D eigenvalue weighted by Gasteiger charge is 2.10. The van der Waals surface area contributed by atoms with Crippen LogP contribution in [0, 0.1) is 10.5 Å². The molecular formula is C12H13BrINO. The van der Waals surface area contributed by atoms with Crippen LogP contribution in [0.15, 0.2) is 28.3 Å². The number of hydrogen-bond acceptors (Lipinski definition) is 1. The van der Waals surface area contributed by atoms with Gasteiger partial charge in [-0.1, -0.05) is 22.0 Å². The fourth-order valence-corrected chi connectivity index (χ4v) is 3.10. The van der Waals surface area contributed by atoms with Crippen molar-refractivity contribution in [2.45, 2.75) is 20.8 Å². The molecule has 2 nitrogen and oxygen atoms in total. The minimum atomic E-state index is -0.0501. The van der Waals surface area contributed by atoms with Gasteiger partial charge in [-0.05, 0) is 61.1 Å². The number of allylic oxidation sites excluding steroid dienone is 1. The molecule has 0 fully saturated rings. The van der Waals surface area contributed by atoms with E-state index in [0.717, 1.165) is 24.9 Å². The van der Waals surface area contributed by atoms with Gasteiger partial charge in [0.1, 0.15) is 0 Å². The fourth-order valence-electron chi connectivity index (χ4n) is 1.20. The highest BCUT2D eigenvalue weighted by atomic mass is 127.